The zero-order valence-electron chi connectivity index (χ0n) is 13.6. The van der Waals surface area contributed by atoms with Crippen LogP contribution in [0, 0.1) is 0 Å². The van der Waals surface area contributed by atoms with Crippen LogP contribution in [0.1, 0.15) is 26.7 Å². The Morgan fingerprint density at radius 1 is 0.957 bits per heavy atom. The van der Waals surface area contributed by atoms with Gasteiger partial charge in [-0.3, -0.25) is 0 Å². The van der Waals surface area contributed by atoms with Crippen molar-refractivity contribution in [3.63, 3.8) is 0 Å². The second-order valence-corrected chi connectivity index (χ2v) is 7.26. The van der Waals surface area contributed by atoms with Gasteiger partial charge in [0.05, 0.1) is 30.1 Å². The highest BCUT2D eigenvalue weighted by molar-refractivity contribution is 6.32. The Labute approximate surface area is 141 Å². The molecule has 0 saturated carbocycles. The van der Waals surface area contributed by atoms with Crippen LogP contribution >= 0.6 is 11.6 Å². The summed E-state index contributed by atoms with van der Waals surface area (Å²) < 4.78 is 11.7. The van der Waals surface area contributed by atoms with Crippen molar-refractivity contribution in [3.8, 4) is 0 Å². The normalized spacial score (nSPS) is 34.0. The molecule has 2 bridgehead atoms. The van der Waals surface area contributed by atoms with Crippen molar-refractivity contribution >= 4 is 23.1 Å². The van der Waals surface area contributed by atoms with Crippen molar-refractivity contribution in [1.82, 2.24) is 10.2 Å². The maximum atomic E-state index is 6.33. The summed E-state index contributed by atoms with van der Waals surface area (Å²) >= 11 is 6.33. The molecule has 4 unspecified atom stereocenters. The summed E-state index contributed by atoms with van der Waals surface area (Å²) in [5.74, 6) is 0.899. The van der Waals surface area contributed by atoms with E-state index < -0.39 is 0 Å². The molecular weight excluding hydrogens is 316 g/mol. The lowest BCUT2D eigenvalue weighted by Crippen LogP contribution is -2.46. The lowest BCUT2D eigenvalue weighted by molar-refractivity contribution is -0.00523. The second kappa shape index (κ2) is 6.07. The number of hydrogen-bond donors (Lipinski definition) is 0. The summed E-state index contributed by atoms with van der Waals surface area (Å²) in [6.07, 6.45) is 3.33. The van der Waals surface area contributed by atoms with Crippen molar-refractivity contribution in [1.29, 1.82) is 0 Å². The molecule has 7 heteroatoms. The molecule has 0 aliphatic carbocycles. The lowest BCUT2D eigenvalue weighted by Gasteiger charge is -2.37. The van der Waals surface area contributed by atoms with Crippen LogP contribution in [0.15, 0.2) is 6.07 Å². The fourth-order valence-electron chi connectivity index (χ4n) is 3.91. The van der Waals surface area contributed by atoms with Gasteiger partial charge in [-0.2, -0.15) is 0 Å². The third-order valence-electron chi connectivity index (χ3n) is 4.85. The first-order chi connectivity index (χ1) is 11.1. The van der Waals surface area contributed by atoms with Crippen molar-refractivity contribution in [3.05, 3.63) is 11.2 Å². The van der Waals surface area contributed by atoms with Crippen molar-refractivity contribution in [2.24, 2.45) is 0 Å². The number of fused-ring (bicyclic) bond motifs is 2. The SMILES string of the molecule is CC1CN(c2cc(N3CC4CCC(C3)O4)nnc2Cl)CC(C)O1. The topological polar surface area (TPSA) is 50.7 Å². The van der Waals surface area contributed by atoms with Gasteiger partial charge in [-0.05, 0) is 26.7 Å². The summed E-state index contributed by atoms with van der Waals surface area (Å²) in [5, 5.41) is 8.99. The smallest absolute Gasteiger partial charge is 0.175 e. The van der Waals surface area contributed by atoms with Crippen LogP contribution < -0.4 is 9.80 Å². The first kappa shape index (κ1) is 15.4. The molecule has 6 nitrogen and oxygen atoms in total. The standard InChI is InChI=1S/C16H23ClN4O2/c1-10-6-20(7-11(2)22-10)14-5-15(18-19-16(14)17)21-8-12-3-4-13(9-21)23-12/h5,10-13H,3-4,6-9H2,1-2H3. The maximum Gasteiger partial charge on any atom is 0.175 e. The molecule has 4 atom stereocenters. The monoisotopic (exact) mass is 338 g/mol. The summed E-state index contributed by atoms with van der Waals surface area (Å²) in [7, 11) is 0. The quantitative estimate of drug-likeness (QED) is 0.823. The van der Waals surface area contributed by atoms with Gasteiger partial charge in [-0.15, -0.1) is 10.2 Å². The van der Waals surface area contributed by atoms with E-state index in [0.29, 0.717) is 17.4 Å². The van der Waals surface area contributed by atoms with Gasteiger partial charge in [0.2, 0.25) is 0 Å². The molecule has 3 saturated heterocycles. The number of morpholine rings is 2. The lowest BCUT2D eigenvalue weighted by atomic mass is 10.2. The van der Waals surface area contributed by atoms with Gasteiger partial charge in [0.1, 0.15) is 0 Å². The van der Waals surface area contributed by atoms with Crippen molar-refractivity contribution in [2.45, 2.75) is 51.1 Å². The van der Waals surface area contributed by atoms with Crippen LogP contribution in [-0.2, 0) is 9.47 Å². The Morgan fingerprint density at radius 3 is 2.26 bits per heavy atom. The number of nitrogens with zero attached hydrogens (tertiary/aromatic N) is 4. The molecule has 0 spiro atoms. The first-order valence-corrected chi connectivity index (χ1v) is 8.80. The number of hydrogen-bond acceptors (Lipinski definition) is 6. The minimum atomic E-state index is 0.186. The number of rotatable bonds is 2. The Hall–Kier alpha value is -1.11. The average Bonchev–Trinajstić information content (AvgIpc) is 2.85. The second-order valence-electron chi connectivity index (χ2n) is 6.90. The largest absolute Gasteiger partial charge is 0.372 e. The zero-order chi connectivity index (χ0) is 16.0. The highest BCUT2D eigenvalue weighted by atomic mass is 35.5. The van der Waals surface area contributed by atoms with E-state index in [2.05, 4.69) is 39.9 Å². The summed E-state index contributed by atoms with van der Waals surface area (Å²) in [6, 6.07) is 2.07. The van der Waals surface area contributed by atoms with Gasteiger partial charge in [0, 0.05) is 32.2 Å². The van der Waals surface area contributed by atoms with E-state index in [1.807, 2.05) is 0 Å². The highest BCUT2D eigenvalue weighted by Gasteiger charge is 2.35. The van der Waals surface area contributed by atoms with E-state index in [1.54, 1.807) is 0 Å². The predicted octanol–water partition coefficient (Wildman–Crippen LogP) is 2.11. The third-order valence-corrected chi connectivity index (χ3v) is 5.11. The zero-order valence-corrected chi connectivity index (χ0v) is 14.4. The van der Waals surface area contributed by atoms with Gasteiger partial charge in [-0.1, -0.05) is 11.6 Å². The molecule has 3 aliphatic rings. The van der Waals surface area contributed by atoms with Crippen LogP contribution in [0.3, 0.4) is 0 Å². The maximum absolute atomic E-state index is 6.33. The van der Waals surface area contributed by atoms with Crippen molar-refractivity contribution < 1.29 is 9.47 Å². The van der Waals surface area contributed by atoms with Crippen molar-refractivity contribution in [2.75, 3.05) is 36.0 Å². The molecule has 1 aromatic heterocycles. The molecule has 3 fully saturated rings. The molecule has 126 valence electrons. The van der Waals surface area contributed by atoms with Crippen LogP contribution in [0.2, 0.25) is 5.15 Å². The first-order valence-electron chi connectivity index (χ1n) is 8.42. The fraction of sp³-hybridized carbons (Fsp3) is 0.750. The minimum Gasteiger partial charge on any atom is -0.372 e. The summed E-state index contributed by atoms with van der Waals surface area (Å²) in [4.78, 5) is 4.54. The van der Waals surface area contributed by atoms with Gasteiger partial charge >= 0.3 is 0 Å². The molecule has 1 aromatic rings. The number of aromatic nitrogens is 2. The minimum absolute atomic E-state index is 0.186. The molecule has 4 heterocycles. The van der Waals surface area contributed by atoms with Crippen LogP contribution in [0.5, 0.6) is 0 Å². The predicted molar refractivity (Wildman–Crippen MR) is 89.4 cm³/mol. The van der Waals surface area contributed by atoms with Crippen LogP contribution in [0.25, 0.3) is 0 Å². The van der Waals surface area contributed by atoms with E-state index in [4.69, 9.17) is 21.1 Å². The molecule has 23 heavy (non-hydrogen) atoms. The van der Waals surface area contributed by atoms with Gasteiger partial charge < -0.3 is 19.3 Å². The Bertz CT molecular complexity index is 565. The van der Waals surface area contributed by atoms with Crippen LogP contribution in [0.4, 0.5) is 11.5 Å². The molecular formula is C16H23ClN4O2. The Balaban J connectivity index is 1.58. The van der Waals surface area contributed by atoms with Gasteiger partial charge in [-0.25, -0.2) is 0 Å². The average molecular weight is 339 g/mol. The van der Waals surface area contributed by atoms with Crippen LogP contribution in [-0.4, -0.2) is 60.8 Å². The molecule has 4 rings (SSSR count). The van der Waals surface area contributed by atoms with E-state index in [-0.39, 0.29) is 12.2 Å². The molecule has 0 radical (unpaired) electrons. The fourth-order valence-corrected chi connectivity index (χ4v) is 4.12. The third kappa shape index (κ3) is 3.12. The molecule has 3 aliphatic heterocycles. The van der Waals surface area contributed by atoms with E-state index >= 15 is 0 Å². The van der Waals surface area contributed by atoms with E-state index in [0.717, 1.165) is 50.5 Å². The van der Waals surface area contributed by atoms with E-state index in [1.165, 1.54) is 0 Å². The van der Waals surface area contributed by atoms with E-state index in [9.17, 15) is 0 Å². The molecule has 0 aromatic carbocycles. The van der Waals surface area contributed by atoms with Gasteiger partial charge in [0.25, 0.3) is 0 Å². The van der Waals surface area contributed by atoms with Gasteiger partial charge in [0.15, 0.2) is 11.0 Å². The Kier molecular flexibility index (Phi) is 4.07. The summed E-state index contributed by atoms with van der Waals surface area (Å²) in [6.45, 7) is 7.61. The highest BCUT2D eigenvalue weighted by Crippen LogP contribution is 2.33. The summed E-state index contributed by atoms with van der Waals surface area (Å²) in [5.41, 5.74) is 0.956. The Morgan fingerprint density at radius 2 is 1.61 bits per heavy atom. The number of halogens is 1. The number of anilines is 2. The number of ether oxygens (including phenoxy) is 2. The molecule has 0 N–H and O–H groups in total. The molecule has 0 amide bonds.